The second-order valence-electron chi connectivity index (χ2n) is 7.04. The molecule has 1 atom stereocenters. The van der Waals surface area contributed by atoms with Crippen LogP contribution in [0.3, 0.4) is 0 Å². The first-order valence-electron chi connectivity index (χ1n) is 9.44. The Bertz CT molecular complexity index is 973. The molecule has 1 aromatic heterocycles. The van der Waals surface area contributed by atoms with E-state index >= 15 is 0 Å². The second-order valence-corrected chi connectivity index (χ2v) is 8.34. The summed E-state index contributed by atoms with van der Waals surface area (Å²) in [5, 5.41) is 3.74. The molecule has 2 aliphatic rings. The van der Waals surface area contributed by atoms with Crippen molar-refractivity contribution in [3.8, 4) is 17.2 Å². The van der Waals surface area contributed by atoms with Crippen molar-refractivity contribution in [2.24, 2.45) is 4.99 Å². The number of hydrogen-bond donors (Lipinski definition) is 1. The number of aromatic nitrogens is 2. The van der Waals surface area contributed by atoms with E-state index in [1.165, 1.54) is 12.8 Å². The van der Waals surface area contributed by atoms with Gasteiger partial charge in [0.25, 0.3) is 5.56 Å². The third-order valence-electron chi connectivity index (χ3n) is 5.46. The molecule has 1 aromatic carbocycles. The monoisotopic (exact) mass is 403 g/mol. The molecule has 2 aromatic rings. The molecule has 8 heteroatoms. The SMILES string of the molecule is COc1ccc([C@H]2SC(C)=Nc3c2c(=O)[nH]n3C2CCCC2)c(OC)c1OC. The molecule has 0 radical (unpaired) electrons. The van der Waals surface area contributed by atoms with E-state index in [9.17, 15) is 4.79 Å². The summed E-state index contributed by atoms with van der Waals surface area (Å²) in [6.07, 6.45) is 4.51. The summed E-state index contributed by atoms with van der Waals surface area (Å²) in [6, 6.07) is 4.09. The lowest BCUT2D eigenvalue weighted by atomic mass is 10.0. The Morgan fingerprint density at radius 3 is 2.46 bits per heavy atom. The molecule has 0 bridgehead atoms. The van der Waals surface area contributed by atoms with Crippen molar-refractivity contribution in [3.63, 3.8) is 0 Å². The minimum atomic E-state index is -0.228. The van der Waals surface area contributed by atoms with Gasteiger partial charge < -0.3 is 14.2 Å². The average Bonchev–Trinajstić information content (AvgIpc) is 3.34. The molecule has 1 aliphatic carbocycles. The molecule has 7 nitrogen and oxygen atoms in total. The maximum Gasteiger partial charge on any atom is 0.271 e. The van der Waals surface area contributed by atoms with Crippen LogP contribution >= 0.6 is 11.8 Å². The van der Waals surface area contributed by atoms with E-state index in [2.05, 4.69) is 5.10 Å². The first kappa shape index (κ1) is 19.0. The number of nitrogens with zero attached hydrogens (tertiary/aromatic N) is 2. The van der Waals surface area contributed by atoms with Crippen LogP contribution in [0.4, 0.5) is 5.82 Å². The molecule has 0 spiro atoms. The Hall–Kier alpha value is -2.35. The number of rotatable bonds is 5. The maximum atomic E-state index is 13.0. The normalized spacial score (nSPS) is 19.3. The van der Waals surface area contributed by atoms with E-state index in [4.69, 9.17) is 19.2 Å². The number of ether oxygens (including phenoxy) is 3. The quantitative estimate of drug-likeness (QED) is 0.809. The van der Waals surface area contributed by atoms with Crippen LogP contribution in [0, 0.1) is 0 Å². The minimum absolute atomic E-state index is 0.0903. The highest BCUT2D eigenvalue weighted by atomic mass is 32.2. The van der Waals surface area contributed by atoms with E-state index in [-0.39, 0.29) is 10.8 Å². The minimum Gasteiger partial charge on any atom is -0.493 e. The third-order valence-corrected chi connectivity index (χ3v) is 6.61. The number of fused-ring (bicyclic) bond motifs is 1. The summed E-state index contributed by atoms with van der Waals surface area (Å²) in [5.74, 6) is 2.44. The number of benzene rings is 1. The number of aromatic amines is 1. The highest BCUT2D eigenvalue weighted by Crippen LogP contribution is 2.51. The van der Waals surface area contributed by atoms with Gasteiger partial charge in [-0.3, -0.25) is 14.6 Å². The fourth-order valence-electron chi connectivity index (χ4n) is 4.19. The fourth-order valence-corrected chi connectivity index (χ4v) is 5.31. The lowest BCUT2D eigenvalue weighted by Gasteiger charge is -2.24. The van der Waals surface area contributed by atoms with E-state index in [1.807, 2.05) is 23.7 Å². The summed E-state index contributed by atoms with van der Waals surface area (Å²) in [4.78, 5) is 17.7. The predicted molar refractivity (Wildman–Crippen MR) is 111 cm³/mol. The Morgan fingerprint density at radius 1 is 1.11 bits per heavy atom. The van der Waals surface area contributed by atoms with Gasteiger partial charge in [-0.1, -0.05) is 24.6 Å². The summed E-state index contributed by atoms with van der Waals surface area (Å²) in [6.45, 7) is 1.98. The number of nitrogens with one attached hydrogen (secondary N) is 1. The Labute approximate surface area is 168 Å². The first-order valence-corrected chi connectivity index (χ1v) is 10.3. The van der Waals surface area contributed by atoms with Crippen molar-refractivity contribution in [1.82, 2.24) is 9.78 Å². The van der Waals surface area contributed by atoms with Gasteiger partial charge in [-0.25, -0.2) is 4.99 Å². The zero-order chi connectivity index (χ0) is 19.8. The molecule has 1 saturated carbocycles. The van der Waals surface area contributed by atoms with E-state index in [1.54, 1.807) is 33.1 Å². The summed E-state index contributed by atoms with van der Waals surface area (Å²) >= 11 is 1.55. The van der Waals surface area contributed by atoms with Crippen molar-refractivity contribution in [3.05, 3.63) is 33.6 Å². The lowest BCUT2D eigenvalue weighted by molar-refractivity contribution is 0.322. The molecule has 0 unspecified atom stereocenters. The molecular formula is C20H25N3O4S. The summed E-state index contributed by atoms with van der Waals surface area (Å²) in [5.41, 5.74) is 1.45. The topological polar surface area (TPSA) is 77.8 Å². The largest absolute Gasteiger partial charge is 0.493 e. The zero-order valence-electron chi connectivity index (χ0n) is 16.6. The fraction of sp³-hybridized carbons (Fsp3) is 0.500. The standard InChI is InChI=1S/C20H25N3O4S/c1-11-21-19-15(20(24)22-23(19)12-7-5-6-8-12)18(28-11)13-9-10-14(25-2)17(27-4)16(13)26-3/h9-10,12,18H,5-8H2,1-4H3,(H,22,24)/t18-/m1/s1. The van der Waals surface area contributed by atoms with Crippen LogP contribution < -0.4 is 19.8 Å². The van der Waals surface area contributed by atoms with Crippen molar-refractivity contribution < 1.29 is 14.2 Å². The van der Waals surface area contributed by atoms with E-state index in [0.717, 1.165) is 29.3 Å². The number of aliphatic imine (C=N–C) groups is 1. The molecule has 150 valence electrons. The van der Waals surface area contributed by atoms with Gasteiger partial charge >= 0.3 is 0 Å². The third kappa shape index (κ3) is 2.99. The van der Waals surface area contributed by atoms with Crippen molar-refractivity contribution in [1.29, 1.82) is 0 Å². The average molecular weight is 404 g/mol. The molecule has 0 saturated heterocycles. The van der Waals surface area contributed by atoms with Crippen LogP contribution in [0.5, 0.6) is 17.2 Å². The van der Waals surface area contributed by atoms with Crippen molar-refractivity contribution in [2.75, 3.05) is 21.3 Å². The Morgan fingerprint density at radius 2 is 1.82 bits per heavy atom. The van der Waals surface area contributed by atoms with Gasteiger partial charge in [0.1, 0.15) is 0 Å². The van der Waals surface area contributed by atoms with Crippen LogP contribution in [0.15, 0.2) is 21.9 Å². The molecule has 0 amide bonds. The van der Waals surface area contributed by atoms with Gasteiger partial charge in [0, 0.05) is 5.56 Å². The zero-order valence-corrected chi connectivity index (χ0v) is 17.4. The number of methoxy groups -OCH3 is 3. The van der Waals surface area contributed by atoms with Crippen LogP contribution in [-0.4, -0.2) is 36.2 Å². The Kier molecular flexibility index (Phi) is 5.14. The first-order chi connectivity index (χ1) is 13.6. The second kappa shape index (κ2) is 7.58. The Balaban J connectivity index is 1.88. The lowest BCUT2D eigenvalue weighted by Crippen LogP contribution is -2.14. The summed E-state index contributed by atoms with van der Waals surface area (Å²) in [7, 11) is 4.78. The van der Waals surface area contributed by atoms with Crippen LogP contribution in [0.1, 0.15) is 55.0 Å². The van der Waals surface area contributed by atoms with Gasteiger partial charge in [0.15, 0.2) is 17.3 Å². The highest BCUT2D eigenvalue weighted by molar-refractivity contribution is 8.14. The predicted octanol–water partition coefficient (Wildman–Crippen LogP) is 4.20. The van der Waals surface area contributed by atoms with Gasteiger partial charge in [0.2, 0.25) is 5.75 Å². The maximum absolute atomic E-state index is 13.0. The number of thioether (sulfide) groups is 1. The number of H-pyrrole nitrogens is 1. The smallest absolute Gasteiger partial charge is 0.271 e. The van der Waals surface area contributed by atoms with Crippen LogP contribution in [0.2, 0.25) is 0 Å². The molecule has 1 fully saturated rings. The van der Waals surface area contributed by atoms with Gasteiger partial charge in [-0.15, -0.1) is 0 Å². The molecule has 2 heterocycles. The van der Waals surface area contributed by atoms with Gasteiger partial charge in [-0.2, -0.15) is 0 Å². The van der Waals surface area contributed by atoms with Crippen LogP contribution in [-0.2, 0) is 0 Å². The van der Waals surface area contributed by atoms with Crippen molar-refractivity contribution >= 4 is 22.6 Å². The van der Waals surface area contributed by atoms with E-state index < -0.39 is 0 Å². The molecular weight excluding hydrogens is 378 g/mol. The van der Waals surface area contributed by atoms with Gasteiger partial charge in [-0.05, 0) is 31.9 Å². The number of hydrogen-bond acceptors (Lipinski definition) is 6. The van der Waals surface area contributed by atoms with Crippen molar-refractivity contribution in [2.45, 2.75) is 43.9 Å². The molecule has 28 heavy (non-hydrogen) atoms. The van der Waals surface area contributed by atoms with Gasteiger partial charge in [0.05, 0.1) is 43.2 Å². The highest BCUT2D eigenvalue weighted by Gasteiger charge is 2.35. The van der Waals surface area contributed by atoms with Crippen LogP contribution in [0.25, 0.3) is 0 Å². The molecule has 1 N–H and O–H groups in total. The van der Waals surface area contributed by atoms with E-state index in [0.29, 0.717) is 28.9 Å². The summed E-state index contributed by atoms with van der Waals surface area (Å²) < 4.78 is 18.6. The molecule has 4 rings (SSSR count). The molecule has 1 aliphatic heterocycles.